The predicted molar refractivity (Wildman–Crippen MR) is 79.7 cm³/mol. The predicted octanol–water partition coefficient (Wildman–Crippen LogP) is 2.42. The van der Waals surface area contributed by atoms with Gasteiger partial charge in [0.25, 0.3) is 5.91 Å². The first-order chi connectivity index (χ1) is 9.66. The topological polar surface area (TPSA) is 75.0 Å². The molecule has 0 radical (unpaired) electrons. The van der Waals surface area contributed by atoms with Gasteiger partial charge in [0.2, 0.25) is 0 Å². The molecule has 5 nitrogen and oxygen atoms in total. The summed E-state index contributed by atoms with van der Waals surface area (Å²) in [5, 5.41) is 0.825. The van der Waals surface area contributed by atoms with Crippen molar-refractivity contribution in [3.05, 3.63) is 54.5 Å². The number of nitrogens with one attached hydrogen (secondary N) is 1. The molecule has 0 aliphatic rings. The monoisotopic (exact) mass is 266 g/mol. The molecular formula is C15H14N4O. The van der Waals surface area contributed by atoms with Gasteiger partial charge < -0.3 is 15.6 Å². The third-order valence-electron chi connectivity index (χ3n) is 3.27. The van der Waals surface area contributed by atoms with Crippen LogP contribution in [0.25, 0.3) is 10.9 Å². The van der Waals surface area contributed by atoms with E-state index >= 15 is 0 Å². The molecule has 0 spiro atoms. The second kappa shape index (κ2) is 4.70. The van der Waals surface area contributed by atoms with Crippen LogP contribution in [0.4, 0.5) is 11.4 Å². The van der Waals surface area contributed by atoms with Gasteiger partial charge in [-0.05, 0) is 30.3 Å². The van der Waals surface area contributed by atoms with Crippen LogP contribution in [0.15, 0.2) is 48.9 Å². The van der Waals surface area contributed by atoms with Gasteiger partial charge in [0.15, 0.2) is 0 Å². The van der Waals surface area contributed by atoms with E-state index in [1.54, 1.807) is 48.7 Å². The van der Waals surface area contributed by atoms with Crippen LogP contribution in [0.2, 0.25) is 0 Å². The first-order valence-electron chi connectivity index (χ1n) is 6.21. The number of H-pyrrole nitrogens is 1. The van der Waals surface area contributed by atoms with Gasteiger partial charge in [-0.3, -0.25) is 9.78 Å². The maximum absolute atomic E-state index is 12.6. The molecule has 0 aliphatic heterocycles. The molecular weight excluding hydrogens is 252 g/mol. The first kappa shape index (κ1) is 12.2. The Balaban J connectivity index is 2.03. The fraction of sp³-hybridized carbons (Fsp3) is 0.0667. The average molecular weight is 266 g/mol. The Morgan fingerprint density at radius 2 is 2.20 bits per heavy atom. The van der Waals surface area contributed by atoms with Gasteiger partial charge in [0, 0.05) is 36.0 Å². The molecule has 5 heteroatoms. The largest absolute Gasteiger partial charge is 0.399 e. The SMILES string of the molecule is CN(C(=O)c1c[nH]c2ccc(N)cc12)c1cccnc1. The molecule has 100 valence electrons. The molecule has 0 fully saturated rings. The van der Waals surface area contributed by atoms with Gasteiger partial charge in [-0.25, -0.2) is 0 Å². The van der Waals surface area contributed by atoms with Crippen LogP contribution in [0.3, 0.4) is 0 Å². The summed E-state index contributed by atoms with van der Waals surface area (Å²) in [6.07, 6.45) is 5.04. The number of nitrogens with zero attached hydrogens (tertiary/aromatic N) is 2. The molecule has 1 aromatic carbocycles. The standard InChI is InChI=1S/C15H14N4O/c1-19(11-3-2-6-17-8-11)15(20)13-9-18-14-5-4-10(16)7-12(13)14/h2-9,18H,16H2,1H3. The highest BCUT2D eigenvalue weighted by Crippen LogP contribution is 2.23. The molecule has 20 heavy (non-hydrogen) atoms. The number of anilines is 2. The molecule has 0 unspecified atom stereocenters. The average Bonchev–Trinajstić information content (AvgIpc) is 2.89. The summed E-state index contributed by atoms with van der Waals surface area (Å²) in [5.74, 6) is -0.102. The van der Waals surface area contributed by atoms with Crippen molar-refractivity contribution < 1.29 is 4.79 Å². The van der Waals surface area contributed by atoms with Crippen LogP contribution < -0.4 is 10.6 Å². The first-order valence-corrected chi connectivity index (χ1v) is 6.21. The minimum atomic E-state index is -0.102. The van der Waals surface area contributed by atoms with E-state index in [0.717, 1.165) is 16.6 Å². The molecule has 0 atom stereocenters. The van der Waals surface area contributed by atoms with E-state index in [9.17, 15) is 4.79 Å². The number of aromatic nitrogens is 2. The van der Waals surface area contributed by atoms with Crippen molar-refractivity contribution >= 4 is 28.2 Å². The van der Waals surface area contributed by atoms with Crippen LogP contribution in [0.5, 0.6) is 0 Å². The van der Waals surface area contributed by atoms with Crippen LogP contribution >= 0.6 is 0 Å². The molecule has 2 aromatic heterocycles. The smallest absolute Gasteiger partial charge is 0.260 e. The van der Waals surface area contributed by atoms with Crippen LogP contribution in [0, 0.1) is 0 Å². The lowest BCUT2D eigenvalue weighted by molar-refractivity contribution is 0.0994. The van der Waals surface area contributed by atoms with Crippen molar-refractivity contribution in [2.24, 2.45) is 0 Å². The number of amides is 1. The number of carbonyl (C=O) groups excluding carboxylic acids is 1. The Bertz CT molecular complexity index is 764. The second-order valence-electron chi connectivity index (χ2n) is 4.58. The lowest BCUT2D eigenvalue weighted by atomic mass is 10.1. The van der Waals surface area contributed by atoms with Gasteiger partial charge in [0.1, 0.15) is 0 Å². The summed E-state index contributed by atoms with van der Waals surface area (Å²) in [6.45, 7) is 0. The lowest BCUT2D eigenvalue weighted by Crippen LogP contribution is -2.26. The normalized spacial score (nSPS) is 10.7. The van der Waals surface area contributed by atoms with E-state index in [1.807, 2.05) is 12.1 Å². The summed E-state index contributed by atoms with van der Waals surface area (Å²) in [4.78, 5) is 21.2. The summed E-state index contributed by atoms with van der Waals surface area (Å²) < 4.78 is 0. The Hall–Kier alpha value is -2.82. The van der Waals surface area contributed by atoms with E-state index in [-0.39, 0.29) is 5.91 Å². The van der Waals surface area contributed by atoms with Gasteiger partial charge >= 0.3 is 0 Å². The Labute approximate surface area is 116 Å². The van der Waals surface area contributed by atoms with E-state index < -0.39 is 0 Å². The molecule has 0 aliphatic carbocycles. The van der Waals surface area contributed by atoms with E-state index in [1.165, 1.54) is 0 Å². The van der Waals surface area contributed by atoms with E-state index in [2.05, 4.69) is 9.97 Å². The van der Waals surface area contributed by atoms with Gasteiger partial charge in [0.05, 0.1) is 17.4 Å². The third kappa shape index (κ3) is 1.99. The number of carbonyl (C=O) groups is 1. The second-order valence-corrected chi connectivity index (χ2v) is 4.58. The number of nitrogens with two attached hydrogens (primary N) is 1. The maximum atomic E-state index is 12.6. The fourth-order valence-corrected chi connectivity index (χ4v) is 2.17. The number of rotatable bonds is 2. The van der Waals surface area contributed by atoms with E-state index in [0.29, 0.717) is 11.3 Å². The van der Waals surface area contributed by atoms with E-state index in [4.69, 9.17) is 5.73 Å². The van der Waals surface area contributed by atoms with Crippen molar-refractivity contribution in [2.45, 2.75) is 0 Å². The van der Waals surface area contributed by atoms with Crippen LogP contribution in [-0.4, -0.2) is 22.9 Å². The number of nitrogen functional groups attached to an aromatic ring is 1. The van der Waals surface area contributed by atoms with Crippen molar-refractivity contribution in [3.63, 3.8) is 0 Å². The fourth-order valence-electron chi connectivity index (χ4n) is 2.17. The number of aromatic amines is 1. The third-order valence-corrected chi connectivity index (χ3v) is 3.27. The van der Waals surface area contributed by atoms with Crippen molar-refractivity contribution in [1.29, 1.82) is 0 Å². The zero-order valence-corrected chi connectivity index (χ0v) is 11.0. The molecule has 0 saturated carbocycles. The lowest BCUT2D eigenvalue weighted by Gasteiger charge is -2.16. The molecule has 3 N–H and O–H groups in total. The number of fused-ring (bicyclic) bond motifs is 1. The number of hydrogen-bond acceptors (Lipinski definition) is 3. The highest BCUT2D eigenvalue weighted by molar-refractivity contribution is 6.14. The summed E-state index contributed by atoms with van der Waals surface area (Å²) in [7, 11) is 1.73. The summed E-state index contributed by atoms with van der Waals surface area (Å²) in [6, 6.07) is 9.11. The Morgan fingerprint density at radius 1 is 1.35 bits per heavy atom. The minimum Gasteiger partial charge on any atom is -0.399 e. The van der Waals surface area contributed by atoms with Crippen molar-refractivity contribution in [3.8, 4) is 0 Å². The summed E-state index contributed by atoms with van der Waals surface area (Å²) >= 11 is 0. The van der Waals surface area contributed by atoms with Crippen LogP contribution in [-0.2, 0) is 0 Å². The molecule has 3 rings (SSSR count). The minimum absolute atomic E-state index is 0.102. The molecule has 0 bridgehead atoms. The zero-order chi connectivity index (χ0) is 14.1. The van der Waals surface area contributed by atoms with Gasteiger partial charge in [-0.2, -0.15) is 0 Å². The number of pyridine rings is 1. The highest BCUT2D eigenvalue weighted by Gasteiger charge is 2.17. The van der Waals surface area contributed by atoms with Crippen molar-refractivity contribution in [1.82, 2.24) is 9.97 Å². The van der Waals surface area contributed by atoms with Gasteiger partial charge in [-0.15, -0.1) is 0 Å². The Morgan fingerprint density at radius 3 is 2.95 bits per heavy atom. The molecule has 1 amide bonds. The van der Waals surface area contributed by atoms with Crippen molar-refractivity contribution in [2.75, 3.05) is 17.7 Å². The number of hydrogen-bond donors (Lipinski definition) is 2. The molecule has 2 heterocycles. The molecule has 0 saturated heterocycles. The quantitative estimate of drug-likeness (QED) is 0.699. The highest BCUT2D eigenvalue weighted by atomic mass is 16.2. The zero-order valence-electron chi connectivity index (χ0n) is 11.0. The Kier molecular flexibility index (Phi) is 2.87. The molecule has 3 aromatic rings. The maximum Gasteiger partial charge on any atom is 0.260 e. The summed E-state index contributed by atoms with van der Waals surface area (Å²) in [5.41, 5.74) is 8.66. The number of benzene rings is 1. The van der Waals surface area contributed by atoms with Crippen LogP contribution in [0.1, 0.15) is 10.4 Å². The van der Waals surface area contributed by atoms with Gasteiger partial charge in [-0.1, -0.05) is 0 Å².